The lowest BCUT2D eigenvalue weighted by molar-refractivity contribution is -0.302. The molecule has 1 fully saturated rings. The van der Waals surface area contributed by atoms with E-state index in [0.717, 1.165) is 89.9 Å². The number of aliphatic hydroxyl groups excluding tert-OH is 5. The summed E-state index contributed by atoms with van der Waals surface area (Å²) in [7, 11) is 0. The van der Waals surface area contributed by atoms with Gasteiger partial charge in [-0.3, -0.25) is 4.79 Å². The summed E-state index contributed by atoms with van der Waals surface area (Å²) in [5, 5.41) is 53.5. The molecule has 0 aromatic heterocycles. The first-order chi connectivity index (χ1) is 27.3. The molecule has 0 aromatic rings. The van der Waals surface area contributed by atoms with E-state index in [1.54, 1.807) is 6.08 Å². The molecule has 0 bridgehead atoms. The third-order valence-corrected chi connectivity index (χ3v) is 9.73. The van der Waals surface area contributed by atoms with Crippen LogP contribution < -0.4 is 5.32 Å². The Morgan fingerprint density at radius 2 is 1.11 bits per heavy atom. The first-order valence-corrected chi connectivity index (χ1v) is 21.8. The highest BCUT2D eigenvalue weighted by Crippen LogP contribution is 2.22. The highest BCUT2D eigenvalue weighted by atomic mass is 16.7. The third-order valence-electron chi connectivity index (χ3n) is 9.73. The molecule has 9 nitrogen and oxygen atoms in total. The number of nitrogens with one attached hydrogen (secondary N) is 1. The van der Waals surface area contributed by atoms with E-state index in [9.17, 15) is 30.3 Å². The fourth-order valence-corrected chi connectivity index (χ4v) is 6.20. The van der Waals surface area contributed by atoms with E-state index in [4.69, 9.17) is 9.47 Å². The van der Waals surface area contributed by atoms with Gasteiger partial charge in [-0.25, -0.2) is 0 Å². The SMILES string of the molecule is CC/C=C\C/C=C\C/C=C\C/C=C\C/C=C\C/C=C\CCCCCCCCCCCCC(=O)NC(COC1OC(CO)C(O)C(O)C1O)C(O)/C=C/CCCC. The first-order valence-electron chi connectivity index (χ1n) is 21.8. The number of ether oxygens (including phenoxy) is 2. The van der Waals surface area contributed by atoms with Crippen LogP contribution in [0, 0.1) is 0 Å². The molecule has 0 aromatic carbocycles. The van der Waals surface area contributed by atoms with Crippen molar-refractivity contribution >= 4 is 5.91 Å². The molecule has 0 saturated carbocycles. The van der Waals surface area contributed by atoms with Gasteiger partial charge in [0.15, 0.2) is 6.29 Å². The van der Waals surface area contributed by atoms with Crippen LogP contribution in [0.2, 0.25) is 0 Å². The summed E-state index contributed by atoms with van der Waals surface area (Å²) in [4.78, 5) is 12.8. The molecule has 1 heterocycles. The monoisotopic (exact) mass is 786 g/mol. The molecule has 320 valence electrons. The van der Waals surface area contributed by atoms with Gasteiger partial charge in [-0.2, -0.15) is 0 Å². The second-order valence-electron chi connectivity index (χ2n) is 14.8. The van der Waals surface area contributed by atoms with Crippen LogP contribution in [0.25, 0.3) is 0 Å². The minimum atomic E-state index is -1.57. The average molecular weight is 786 g/mol. The molecule has 1 aliphatic heterocycles. The van der Waals surface area contributed by atoms with Crippen molar-refractivity contribution in [2.24, 2.45) is 0 Å². The van der Waals surface area contributed by atoms with Crippen LogP contribution in [0.3, 0.4) is 0 Å². The van der Waals surface area contributed by atoms with Crippen LogP contribution >= 0.6 is 0 Å². The van der Waals surface area contributed by atoms with E-state index >= 15 is 0 Å². The summed E-state index contributed by atoms with van der Waals surface area (Å²) >= 11 is 0. The van der Waals surface area contributed by atoms with Crippen molar-refractivity contribution < 1.29 is 39.8 Å². The molecule has 6 N–H and O–H groups in total. The van der Waals surface area contributed by atoms with E-state index in [1.165, 1.54) is 38.5 Å². The van der Waals surface area contributed by atoms with Crippen molar-refractivity contribution in [3.05, 3.63) is 85.1 Å². The van der Waals surface area contributed by atoms with Crippen LogP contribution in [0.1, 0.15) is 149 Å². The highest BCUT2D eigenvalue weighted by Gasteiger charge is 2.44. The third kappa shape index (κ3) is 27.1. The zero-order chi connectivity index (χ0) is 40.9. The summed E-state index contributed by atoms with van der Waals surface area (Å²) in [5.74, 6) is -0.197. The summed E-state index contributed by atoms with van der Waals surface area (Å²) < 4.78 is 11.1. The zero-order valence-corrected chi connectivity index (χ0v) is 34.8. The number of carbonyl (C=O) groups excluding carboxylic acids is 1. The van der Waals surface area contributed by atoms with Crippen molar-refractivity contribution in [1.29, 1.82) is 0 Å². The lowest BCUT2D eigenvalue weighted by atomic mass is 9.99. The van der Waals surface area contributed by atoms with Crippen LogP contribution in [-0.2, 0) is 14.3 Å². The van der Waals surface area contributed by atoms with Crippen molar-refractivity contribution in [1.82, 2.24) is 5.32 Å². The summed E-state index contributed by atoms with van der Waals surface area (Å²) in [6.45, 7) is 3.47. The Morgan fingerprint density at radius 1 is 0.625 bits per heavy atom. The molecular weight excluding hydrogens is 707 g/mol. The maximum absolute atomic E-state index is 12.8. The van der Waals surface area contributed by atoms with Gasteiger partial charge in [-0.05, 0) is 64.2 Å². The number of aliphatic hydroxyl groups is 5. The largest absolute Gasteiger partial charge is 0.394 e. The van der Waals surface area contributed by atoms with Gasteiger partial charge in [0.2, 0.25) is 5.91 Å². The van der Waals surface area contributed by atoms with E-state index in [1.807, 2.05) is 6.08 Å². The summed E-state index contributed by atoms with van der Waals surface area (Å²) in [6, 6.07) is -0.807. The van der Waals surface area contributed by atoms with E-state index in [0.29, 0.717) is 6.42 Å². The Bertz CT molecular complexity index is 1140. The van der Waals surface area contributed by atoms with Crippen molar-refractivity contribution in [3.63, 3.8) is 0 Å². The minimum absolute atomic E-state index is 0.197. The summed E-state index contributed by atoms with van der Waals surface area (Å²) in [5.41, 5.74) is 0. The van der Waals surface area contributed by atoms with Gasteiger partial charge in [0, 0.05) is 6.42 Å². The maximum atomic E-state index is 12.8. The Hall–Kier alpha value is -2.63. The Kier molecular flexibility index (Phi) is 33.7. The van der Waals surface area contributed by atoms with Crippen molar-refractivity contribution in [3.8, 4) is 0 Å². The lowest BCUT2D eigenvalue weighted by Crippen LogP contribution is -2.60. The van der Waals surface area contributed by atoms with Gasteiger partial charge in [0.05, 0.1) is 25.4 Å². The molecular formula is C47H79NO8. The Balaban J connectivity index is 2.12. The predicted molar refractivity (Wildman–Crippen MR) is 230 cm³/mol. The Morgan fingerprint density at radius 3 is 1.62 bits per heavy atom. The minimum Gasteiger partial charge on any atom is -0.394 e. The van der Waals surface area contributed by atoms with Gasteiger partial charge in [-0.1, -0.05) is 163 Å². The van der Waals surface area contributed by atoms with Crippen LogP contribution in [-0.4, -0.2) is 87.5 Å². The molecule has 0 spiro atoms. The number of unbranched alkanes of at least 4 members (excludes halogenated alkanes) is 12. The molecule has 0 radical (unpaired) electrons. The Labute approximate surface area is 340 Å². The number of hydrogen-bond donors (Lipinski definition) is 6. The fraction of sp³-hybridized carbons (Fsp3) is 0.681. The normalized spacial score (nSPS) is 22.0. The van der Waals surface area contributed by atoms with E-state index in [-0.39, 0.29) is 12.5 Å². The van der Waals surface area contributed by atoms with Gasteiger partial charge in [0.25, 0.3) is 0 Å². The van der Waals surface area contributed by atoms with E-state index < -0.39 is 49.5 Å². The number of carbonyl (C=O) groups is 1. The van der Waals surface area contributed by atoms with Crippen LogP contribution in [0.15, 0.2) is 85.1 Å². The predicted octanol–water partition coefficient (Wildman–Crippen LogP) is 8.77. The van der Waals surface area contributed by atoms with Crippen molar-refractivity contribution in [2.75, 3.05) is 13.2 Å². The molecule has 1 saturated heterocycles. The van der Waals surface area contributed by atoms with Crippen LogP contribution in [0.4, 0.5) is 0 Å². The van der Waals surface area contributed by atoms with Gasteiger partial charge < -0.3 is 40.3 Å². The number of allylic oxidation sites excluding steroid dienone is 13. The maximum Gasteiger partial charge on any atom is 0.220 e. The highest BCUT2D eigenvalue weighted by molar-refractivity contribution is 5.76. The summed E-state index contributed by atoms with van der Waals surface area (Å²) in [6.07, 6.45) is 44.2. The molecule has 0 aliphatic carbocycles. The van der Waals surface area contributed by atoms with Gasteiger partial charge in [0.1, 0.15) is 24.4 Å². The standard InChI is InChI=1S/C47H79NO8/c1-3-5-7-9-10-11-12-13-14-15-16-17-18-19-20-21-22-23-24-25-26-27-28-29-30-31-32-33-35-37-43(51)48-40(41(50)36-34-8-6-4-2)39-55-47-46(54)45(53)44(52)42(38-49)56-47/h5,7,10-11,13-14,16-17,19-20,22-23,34,36,40-42,44-47,49-50,52-54H,3-4,6,8-9,12,15,18,21,24-33,35,37-39H2,1-2H3,(H,48,51)/b7-5-,11-10-,14-13-,17-16-,20-19-,23-22-,36-34+. The quantitative estimate of drug-likeness (QED) is 0.0280. The topological polar surface area (TPSA) is 149 Å². The number of amides is 1. The van der Waals surface area contributed by atoms with E-state index in [2.05, 4.69) is 92.1 Å². The smallest absolute Gasteiger partial charge is 0.220 e. The molecule has 56 heavy (non-hydrogen) atoms. The molecule has 9 heteroatoms. The molecule has 1 amide bonds. The fourth-order valence-electron chi connectivity index (χ4n) is 6.20. The van der Waals surface area contributed by atoms with Crippen LogP contribution in [0.5, 0.6) is 0 Å². The van der Waals surface area contributed by atoms with Gasteiger partial charge in [-0.15, -0.1) is 0 Å². The molecule has 1 aliphatic rings. The molecule has 7 atom stereocenters. The second-order valence-corrected chi connectivity index (χ2v) is 14.8. The number of hydrogen-bond acceptors (Lipinski definition) is 8. The van der Waals surface area contributed by atoms with Gasteiger partial charge >= 0.3 is 0 Å². The first kappa shape index (κ1) is 51.4. The lowest BCUT2D eigenvalue weighted by Gasteiger charge is -2.40. The molecule has 7 unspecified atom stereocenters. The second kappa shape index (κ2) is 36.7. The average Bonchev–Trinajstić information content (AvgIpc) is 3.20. The number of rotatable bonds is 34. The molecule has 1 rings (SSSR count). The zero-order valence-electron chi connectivity index (χ0n) is 34.8. The van der Waals surface area contributed by atoms with Crippen molar-refractivity contribution in [2.45, 2.75) is 192 Å².